The fraction of sp³-hybridized carbons (Fsp3) is 0.500. The van der Waals surface area contributed by atoms with Crippen LogP contribution in [-0.2, 0) is 14.3 Å². The van der Waals surface area contributed by atoms with Crippen molar-refractivity contribution in [1.29, 1.82) is 0 Å². The molecule has 0 saturated carbocycles. The smallest absolute Gasteiger partial charge is 0.266 e. The van der Waals surface area contributed by atoms with Crippen LogP contribution in [0.15, 0.2) is 29.3 Å². The number of hydrogen-bond acceptors (Lipinski definition) is 6. The van der Waals surface area contributed by atoms with Crippen LogP contribution >= 0.6 is 0 Å². The second-order valence-electron chi connectivity index (χ2n) is 7.39. The van der Waals surface area contributed by atoms with E-state index in [1.165, 1.54) is 5.56 Å². The standard InChI is InChI=1S/C18H27N3O3S/c1-12-7-8-14(9-13(12)2)15-10-16(21-18(3,4)5)19-11-17(20-15)24-25(6,22)23/h7-10,17,20H,11H2,1-6H3,(H,19,21). The van der Waals surface area contributed by atoms with Gasteiger partial charge in [0, 0.05) is 17.3 Å². The van der Waals surface area contributed by atoms with Crippen LogP contribution in [-0.4, -0.2) is 38.8 Å². The van der Waals surface area contributed by atoms with Gasteiger partial charge in [-0.05, 0) is 57.4 Å². The Labute approximate surface area is 150 Å². The average molecular weight is 365 g/mol. The number of aliphatic imine (C=N–C) groups is 1. The van der Waals surface area contributed by atoms with Crippen LogP contribution < -0.4 is 10.6 Å². The summed E-state index contributed by atoms with van der Waals surface area (Å²) < 4.78 is 28.2. The molecular weight excluding hydrogens is 338 g/mol. The van der Waals surface area contributed by atoms with Gasteiger partial charge in [0.2, 0.25) is 0 Å². The van der Waals surface area contributed by atoms with Crippen LogP contribution in [0, 0.1) is 13.8 Å². The van der Waals surface area contributed by atoms with Crippen molar-refractivity contribution < 1.29 is 12.6 Å². The third kappa shape index (κ3) is 6.17. The summed E-state index contributed by atoms with van der Waals surface area (Å²) in [6.07, 6.45) is 2.18. The number of rotatable bonds is 3. The molecule has 7 heteroatoms. The fourth-order valence-corrected chi connectivity index (χ4v) is 2.96. The van der Waals surface area contributed by atoms with E-state index in [2.05, 4.69) is 28.6 Å². The summed E-state index contributed by atoms with van der Waals surface area (Å²) in [7, 11) is -3.59. The van der Waals surface area contributed by atoms with Gasteiger partial charge in [-0.2, -0.15) is 8.42 Å². The van der Waals surface area contributed by atoms with Gasteiger partial charge in [-0.25, -0.2) is 4.18 Å². The lowest BCUT2D eigenvalue weighted by Crippen LogP contribution is -2.40. The summed E-state index contributed by atoms with van der Waals surface area (Å²) in [6.45, 7) is 10.4. The van der Waals surface area contributed by atoms with Crippen molar-refractivity contribution in [3.05, 3.63) is 41.0 Å². The topological polar surface area (TPSA) is 79.8 Å². The first-order valence-electron chi connectivity index (χ1n) is 8.20. The molecule has 0 bridgehead atoms. The third-order valence-corrected chi connectivity index (χ3v) is 4.22. The normalized spacial score (nSPS) is 18.7. The van der Waals surface area contributed by atoms with Crippen LogP contribution in [0.5, 0.6) is 0 Å². The van der Waals surface area contributed by atoms with Gasteiger partial charge < -0.3 is 10.6 Å². The maximum atomic E-state index is 11.5. The number of nitrogens with zero attached hydrogens (tertiary/aromatic N) is 1. The molecule has 1 aromatic carbocycles. The summed E-state index contributed by atoms with van der Waals surface area (Å²) in [4.78, 5) is 4.47. The van der Waals surface area contributed by atoms with E-state index in [1.54, 1.807) is 0 Å². The highest BCUT2D eigenvalue weighted by Gasteiger charge is 2.21. The van der Waals surface area contributed by atoms with Crippen molar-refractivity contribution in [1.82, 2.24) is 10.6 Å². The first kappa shape index (κ1) is 19.5. The minimum absolute atomic E-state index is 0.166. The van der Waals surface area contributed by atoms with Crippen LogP contribution in [0.3, 0.4) is 0 Å². The van der Waals surface area contributed by atoms with Crippen LogP contribution in [0.25, 0.3) is 5.70 Å². The first-order chi connectivity index (χ1) is 11.4. The molecule has 0 radical (unpaired) electrons. The number of hydrogen-bond donors (Lipinski definition) is 2. The Kier molecular flexibility index (Phi) is 5.58. The SMILES string of the molecule is Cc1ccc(C2=CC(NC(C)(C)C)=NCC(OS(C)(=O)=O)N2)cc1C. The Bertz CT molecular complexity index is 805. The van der Waals surface area contributed by atoms with Crippen molar-refractivity contribution in [2.24, 2.45) is 4.99 Å². The molecule has 0 saturated heterocycles. The van der Waals surface area contributed by atoms with E-state index in [0.717, 1.165) is 23.1 Å². The predicted octanol–water partition coefficient (Wildman–Crippen LogP) is 2.34. The molecule has 1 aliphatic heterocycles. The van der Waals surface area contributed by atoms with E-state index in [-0.39, 0.29) is 12.1 Å². The summed E-state index contributed by atoms with van der Waals surface area (Å²) >= 11 is 0. The van der Waals surface area contributed by atoms with E-state index >= 15 is 0 Å². The maximum absolute atomic E-state index is 11.5. The lowest BCUT2D eigenvalue weighted by atomic mass is 10.0. The molecule has 2 N–H and O–H groups in total. The second kappa shape index (κ2) is 7.17. The molecule has 138 valence electrons. The van der Waals surface area contributed by atoms with E-state index in [9.17, 15) is 8.42 Å². The van der Waals surface area contributed by atoms with Crippen LogP contribution in [0.4, 0.5) is 0 Å². The van der Waals surface area contributed by atoms with Gasteiger partial charge >= 0.3 is 0 Å². The molecule has 1 aliphatic rings. The number of aryl methyl sites for hydroxylation is 2. The second-order valence-corrected chi connectivity index (χ2v) is 8.99. The van der Waals surface area contributed by atoms with E-state index in [1.807, 2.05) is 45.9 Å². The van der Waals surface area contributed by atoms with Gasteiger partial charge in [0.05, 0.1) is 12.8 Å². The van der Waals surface area contributed by atoms with Crippen LogP contribution in [0.2, 0.25) is 0 Å². The van der Waals surface area contributed by atoms with E-state index in [4.69, 9.17) is 4.18 Å². The molecule has 0 aliphatic carbocycles. The molecule has 0 fully saturated rings. The predicted molar refractivity (Wildman–Crippen MR) is 102 cm³/mol. The molecule has 2 rings (SSSR count). The van der Waals surface area contributed by atoms with E-state index < -0.39 is 16.3 Å². The zero-order chi connectivity index (χ0) is 18.8. The minimum Gasteiger partial charge on any atom is -0.366 e. The average Bonchev–Trinajstić information content (AvgIpc) is 2.61. The van der Waals surface area contributed by atoms with Crippen molar-refractivity contribution in [2.75, 3.05) is 12.8 Å². The van der Waals surface area contributed by atoms with Crippen molar-refractivity contribution in [2.45, 2.75) is 46.4 Å². The molecular formula is C18H27N3O3S. The van der Waals surface area contributed by atoms with Crippen molar-refractivity contribution in [3.63, 3.8) is 0 Å². The largest absolute Gasteiger partial charge is 0.366 e. The quantitative estimate of drug-likeness (QED) is 0.804. The zero-order valence-electron chi connectivity index (χ0n) is 15.7. The van der Waals surface area contributed by atoms with Crippen molar-refractivity contribution in [3.8, 4) is 0 Å². The molecule has 1 heterocycles. The highest BCUT2D eigenvalue weighted by atomic mass is 32.2. The van der Waals surface area contributed by atoms with Gasteiger partial charge in [-0.15, -0.1) is 0 Å². The molecule has 1 unspecified atom stereocenters. The lowest BCUT2D eigenvalue weighted by molar-refractivity contribution is 0.203. The van der Waals surface area contributed by atoms with Gasteiger partial charge in [0.25, 0.3) is 10.1 Å². The summed E-state index contributed by atoms with van der Waals surface area (Å²) in [5, 5.41) is 6.49. The Morgan fingerprint density at radius 2 is 1.92 bits per heavy atom. The first-order valence-corrected chi connectivity index (χ1v) is 10.0. The molecule has 0 spiro atoms. The van der Waals surface area contributed by atoms with Gasteiger partial charge in [0.1, 0.15) is 5.84 Å². The molecule has 0 aromatic heterocycles. The van der Waals surface area contributed by atoms with Gasteiger partial charge in [-0.1, -0.05) is 12.1 Å². The molecule has 6 nitrogen and oxygen atoms in total. The monoisotopic (exact) mass is 365 g/mol. The van der Waals surface area contributed by atoms with Crippen LogP contribution in [0.1, 0.15) is 37.5 Å². The minimum atomic E-state index is -3.59. The number of benzene rings is 1. The summed E-state index contributed by atoms with van der Waals surface area (Å²) in [5.74, 6) is 0.688. The van der Waals surface area contributed by atoms with E-state index in [0.29, 0.717) is 5.84 Å². The zero-order valence-corrected chi connectivity index (χ0v) is 16.5. The molecule has 1 aromatic rings. The van der Waals surface area contributed by atoms with Gasteiger partial charge in [-0.3, -0.25) is 4.99 Å². The lowest BCUT2D eigenvalue weighted by Gasteiger charge is -2.22. The summed E-state index contributed by atoms with van der Waals surface area (Å²) in [6, 6.07) is 6.10. The Balaban J connectivity index is 2.40. The molecule has 0 amide bonds. The Morgan fingerprint density at radius 3 is 2.48 bits per heavy atom. The maximum Gasteiger partial charge on any atom is 0.266 e. The van der Waals surface area contributed by atoms with Gasteiger partial charge in [0.15, 0.2) is 6.23 Å². The molecule has 25 heavy (non-hydrogen) atoms. The third-order valence-electron chi connectivity index (χ3n) is 3.64. The highest BCUT2D eigenvalue weighted by molar-refractivity contribution is 7.86. The number of amidine groups is 1. The number of nitrogens with one attached hydrogen (secondary N) is 2. The summed E-state index contributed by atoms with van der Waals surface area (Å²) in [5.41, 5.74) is 3.91. The fourth-order valence-electron chi connectivity index (χ4n) is 2.43. The Morgan fingerprint density at radius 1 is 1.24 bits per heavy atom. The molecule has 1 atom stereocenters. The van der Waals surface area contributed by atoms with Crippen molar-refractivity contribution >= 4 is 21.7 Å². The Hall–Kier alpha value is -1.86. The highest BCUT2D eigenvalue weighted by Crippen LogP contribution is 2.19.